The Morgan fingerprint density at radius 3 is 2.57 bits per heavy atom. The van der Waals surface area contributed by atoms with E-state index in [9.17, 15) is 14.0 Å². The fourth-order valence-corrected chi connectivity index (χ4v) is 3.78. The van der Waals surface area contributed by atoms with Crippen molar-refractivity contribution < 1.29 is 18.7 Å². The summed E-state index contributed by atoms with van der Waals surface area (Å²) in [6.45, 7) is 1.68. The van der Waals surface area contributed by atoms with E-state index in [1.54, 1.807) is 25.1 Å². The Morgan fingerprint density at radius 2 is 1.90 bits per heavy atom. The summed E-state index contributed by atoms with van der Waals surface area (Å²) in [5.41, 5.74) is 0.818. The van der Waals surface area contributed by atoms with Gasteiger partial charge in [0.05, 0.1) is 0 Å². The molecule has 2 aromatic carbocycles. The van der Waals surface area contributed by atoms with E-state index in [1.807, 2.05) is 6.07 Å². The van der Waals surface area contributed by atoms with Crippen LogP contribution in [0.5, 0.6) is 5.75 Å². The van der Waals surface area contributed by atoms with Crippen LogP contribution in [0.3, 0.4) is 0 Å². The maximum Gasteiger partial charge on any atom is 0.261 e. The van der Waals surface area contributed by atoms with Crippen molar-refractivity contribution in [3.8, 4) is 5.75 Å². The van der Waals surface area contributed by atoms with E-state index in [4.69, 9.17) is 16.3 Å². The second-order valence-electron chi connectivity index (χ2n) is 7.56. The van der Waals surface area contributed by atoms with Crippen LogP contribution < -0.4 is 10.1 Å². The summed E-state index contributed by atoms with van der Waals surface area (Å²) in [5.74, 6) is -0.517. The van der Waals surface area contributed by atoms with E-state index >= 15 is 0 Å². The molecule has 1 atom stereocenters. The Morgan fingerprint density at radius 1 is 1.20 bits per heavy atom. The number of hydrogen-bond donors (Lipinski definition) is 1. The number of carbonyl (C=O) groups excluding carboxylic acids is 2. The number of halogens is 2. The third-order valence-electron chi connectivity index (χ3n) is 5.29. The molecule has 30 heavy (non-hydrogen) atoms. The van der Waals surface area contributed by atoms with Crippen LogP contribution >= 0.6 is 11.6 Å². The topological polar surface area (TPSA) is 58.6 Å². The summed E-state index contributed by atoms with van der Waals surface area (Å²) in [4.78, 5) is 27.3. The minimum Gasteiger partial charge on any atom is -0.484 e. The molecule has 0 spiro atoms. The minimum absolute atomic E-state index is 0.165. The highest BCUT2D eigenvalue weighted by atomic mass is 35.5. The molecule has 0 unspecified atom stereocenters. The molecule has 0 heterocycles. The van der Waals surface area contributed by atoms with Gasteiger partial charge in [0, 0.05) is 17.6 Å². The zero-order chi connectivity index (χ0) is 21.5. The molecule has 160 valence electrons. The average Bonchev–Trinajstić information content (AvgIpc) is 3.24. The van der Waals surface area contributed by atoms with Crippen LogP contribution in [0.2, 0.25) is 5.02 Å². The van der Waals surface area contributed by atoms with Crippen LogP contribution in [0.1, 0.15) is 38.2 Å². The molecule has 1 N–H and O–H groups in total. The zero-order valence-electron chi connectivity index (χ0n) is 16.9. The number of ether oxygens (including phenoxy) is 1. The van der Waals surface area contributed by atoms with Gasteiger partial charge in [0.15, 0.2) is 6.61 Å². The Balaban J connectivity index is 1.70. The third kappa shape index (κ3) is 6.20. The third-order valence-corrected chi connectivity index (χ3v) is 5.52. The van der Waals surface area contributed by atoms with Gasteiger partial charge in [0.2, 0.25) is 5.91 Å². The molecule has 0 saturated heterocycles. The van der Waals surface area contributed by atoms with Crippen molar-refractivity contribution >= 4 is 23.4 Å². The predicted molar refractivity (Wildman–Crippen MR) is 114 cm³/mol. The number of nitrogens with zero attached hydrogens (tertiary/aromatic N) is 1. The molecule has 1 aliphatic rings. The minimum atomic E-state index is -0.672. The number of amides is 2. The van der Waals surface area contributed by atoms with Crippen molar-refractivity contribution in [2.45, 2.75) is 51.2 Å². The van der Waals surface area contributed by atoms with Gasteiger partial charge >= 0.3 is 0 Å². The molecule has 1 aliphatic carbocycles. The van der Waals surface area contributed by atoms with Crippen LogP contribution in [0.4, 0.5) is 4.39 Å². The van der Waals surface area contributed by atoms with E-state index in [-0.39, 0.29) is 36.8 Å². The molecule has 1 fully saturated rings. The number of benzene rings is 2. The first-order valence-corrected chi connectivity index (χ1v) is 10.5. The van der Waals surface area contributed by atoms with Gasteiger partial charge < -0.3 is 15.0 Å². The monoisotopic (exact) mass is 432 g/mol. The van der Waals surface area contributed by atoms with Gasteiger partial charge in [-0.2, -0.15) is 0 Å². The first kappa shape index (κ1) is 22.1. The molecular weight excluding hydrogens is 407 g/mol. The van der Waals surface area contributed by atoms with Gasteiger partial charge in [-0.1, -0.05) is 36.6 Å². The Kier molecular flexibility index (Phi) is 7.69. The Hall–Kier alpha value is -2.60. The number of nitrogens with one attached hydrogen (secondary N) is 1. The van der Waals surface area contributed by atoms with E-state index in [1.165, 1.54) is 29.2 Å². The summed E-state index contributed by atoms with van der Waals surface area (Å²) >= 11 is 6.08. The highest BCUT2D eigenvalue weighted by molar-refractivity contribution is 6.30. The molecule has 1 saturated carbocycles. The Bertz CT molecular complexity index is 869. The second-order valence-corrected chi connectivity index (χ2v) is 8.00. The van der Waals surface area contributed by atoms with Crippen LogP contribution in [0.25, 0.3) is 0 Å². The summed E-state index contributed by atoms with van der Waals surface area (Å²) in [7, 11) is 0. The van der Waals surface area contributed by atoms with Crippen molar-refractivity contribution in [3.63, 3.8) is 0 Å². The summed E-state index contributed by atoms with van der Waals surface area (Å²) < 4.78 is 18.6. The Labute approximate surface area is 181 Å². The van der Waals surface area contributed by atoms with E-state index in [2.05, 4.69) is 5.32 Å². The van der Waals surface area contributed by atoms with E-state index in [0.717, 1.165) is 31.2 Å². The van der Waals surface area contributed by atoms with Crippen molar-refractivity contribution in [3.05, 3.63) is 64.9 Å². The van der Waals surface area contributed by atoms with Gasteiger partial charge in [-0.05, 0) is 61.7 Å². The maximum atomic E-state index is 13.1. The van der Waals surface area contributed by atoms with Gasteiger partial charge in [0.1, 0.15) is 17.6 Å². The van der Waals surface area contributed by atoms with Crippen LogP contribution in [0, 0.1) is 5.82 Å². The molecule has 2 amide bonds. The lowest BCUT2D eigenvalue weighted by Crippen LogP contribution is -2.50. The fourth-order valence-electron chi connectivity index (χ4n) is 3.57. The number of hydrogen-bond acceptors (Lipinski definition) is 3. The number of rotatable bonds is 8. The van der Waals surface area contributed by atoms with Gasteiger partial charge in [0.25, 0.3) is 5.91 Å². The highest BCUT2D eigenvalue weighted by Gasteiger charge is 2.28. The lowest BCUT2D eigenvalue weighted by Gasteiger charge is -2.29. The van der Waals surface area contributed by atoms with Gasteiger partial charge in [-0.25, -0.2) is 4.39 Å². The normalized spacial score (nSPS) is 14.9. The van der Waals surface area contributed by atoms with Crippen molar-refractivity contribution in [2.75, 3.05) is 6.61 Å². The van der Waals surface area contributed by atoms with Crippen molar-refractivity contribution in [1.82, 2.24) is 10.2 Å². The largest absolute Gasteiger partial charge is 0.484 e. The fraction of sp³-hybridized carbons (Fsp3) is 0.391. The number of carbonyl (C=O) groups is 2. The summed E-state index contributed by atoms with van der Waals surface area (Å²) in [6, 6.07) is 12.1. The molecule has 0 aliphatic heterocycles. The van der Waals surface area contributed by atoms with Crippen LogP contribution in [0.15, 0.2) is 48.5 Å². The standard InChI is InChI=1S/C23H26ClFN2O3/c1-16(23(29)26-20-7-2-3-8-20)27(14-17-5-4-6-18(24)13-17)22(28)15-30-21-11-9-19(25)10-12-21/h4-6,9-13,16,20H,2-3,7-8,14-15H2,1H3,(H,26,29)/t16-/m0/s1. The van der Waals surface area contributed by atoms with Gasteiger partial charge in [-0.15, -0.1) is 0 Å². The lowest BCUT2D eigenvalue weighted by molar-refractivity contribution is -0.142. The zero-order valence-corrected chi connectivity index (χ0v) is 17.7. The smallest absolute Gasteiger partial charge is 0.261 e. The van der Waals surface area contributed by atoms with Crippen LogP contribution in [-0.2, 0) is 16.1 Å². The highest BCUT2D eigenvalue weighted by Crippen LogP contribution is 2.19. The van der Waals surface area contributed by atoms with E-state index in [0.29, 0.717) is 10.8 Å². The molecule has 0 bridgehead atoms. The predicted octanol–water partition coefficient (Wildman–Crippen LogP) is 4.33. The maximum absolute atomic E-state index is 13.1. The molecule has 0 radical (unpaired) electrons. The van der Waals surface area contributed by atoms with Crippen molar-refractivity contribution in [1.29, 1.82) is 0 Å². The quantitative estimate of drug-likeness (QED) is 0.675. The summed E-state index contributed by atoms with van der Waals surface area (Å²) in [6.07, 6.45) is 4.15. The lowest BCUT2D eigenvalue weighted by atomic mass is 10.1. The van der Waals surface area contributed by atoms with Crippen molar-refractivity contribution in [2.24, 2.45) is 0 Å². The molecular formula is C23H26ClFN2O3. The first-order chi connectivity index (χ1) is 14.4. The first-order valence-electron chi connectivity index (χ1n) is 10.1. The van der Waals surface area contributed by atoms with Crippen LogP contribution in [-0.4, -0.2) is 35.4 Å². The van der Waals surface area contributed by atoms with E-state index < -0.39 is 6.04 Å². The molecule has 5 nitrogen and oxygen atoms in total. The molecule has 0 aromatic heterocycles. The second kappa shape index (κ2) is 10.4. The molecule has 7 heteroatoms. The molecule has 3 rings (SSSR count). The average molecular weight is 433 g/mol. The SMILES string of the molecule is C[C@@H](C(=O)NC1CCCC1)N(Cc1cccc(Cl)c1)C(=O)COc1ccc(F)cc1. The summed E-state index contributed by atoms with van der Waals surface area (Å²) in [5, 5.41) is 3.61. The van der Waals surface area contributed by atoms with Gasteiger partial charge in [-0.3, -0.25) is 9.59 Å². The molecule has 2 aromatic rings.